The Labute approximate surface area is 95.4 Å². The van der Waals surface area contributed by atoms with Crippen molar-refractivity contribution < 1.29 is 4.79 Å². The quantitative estimate of drug-likeness (QED) is 0.606. The van der Waals surface area contributed by atoms with Crippen molar-refractivity contribution in [1.29, 1.82) is 0 Å². The molecule has 0 heterocycles. The van der Waals surface area contributed by atoms with E-state index in [0.717, 1.165) is 5.46 Å². The lowest BCUT2D eigenvalue weighted by atomic mass is 9.84. The molecule has 2 N–H and O–H groups in total. The molecule has 0 bridgehead atoms. The molecule has 16 heavy (non-hydrogen) atoms. The molecular formula is C13H11BNO. The van der Waals surface area contributed by atoms with E-state index in [-0.39, 0.29) is 5.78 Å². The Morgan fingerprint density at radius 3 is 2.00 bits per heavy atom. The number of hydrogen-bond donors (Lipinski definition) is 1. The van der Waals surface area contributed by atoms with Crippen LogP contribution in [0.3, 0.4) is 0 Å². The third-order valence-electron chi connectivity index (χ3n) is 2.40. The third kappa shape index (κ3) is 2.20. The molecule has 0 aliphatic rings. The van der Waals surface area contributed by atoms with Gasteiger partial charge in [-0.15, -0.1) is 0 Å². The zero-order valence-corrected chi connectivity index (χ0v) is 8.76. The number of nitrogens with two attached hydrogens (primary N) is 1. The number of hydrogen-bond acceptors (Lipinski definition) is 2. The zero-order valence-electron chi connectivity index (χ0n) is 8.76. The lowest BCUT2D eigenvalue weighted by molar-refractivity contribution is 0.103. The highest BCUT2D eigenvalue weighted by molar-refractivity contribution is 6.49. The Morgan fingerprint density at radius 2 is 1.44 bits per heavy atom. The average molecular weight is 208 g/mol. The highest BCUT2D eigenvalue weighted by Crippen LogP contribution is 2.07. The van der Waals surface area contributed by atoms with Gasteiger partial charge in [-0.1, -0.05) is 60.1 Å². The van der Waals surface area contributed by atoms with Crippen molar-refractivity contribution in [3.05, 3.63) is 65.7 Å². The van der Waals surface area contributed by atoms with Crippen LogP contribution in [0.4, 0.5) is 0 Å². The van der Waals surface area contributed by atoms with Crippen LogP contribution in [0.15, 0.2) is 54.6 Å². The molecule has 1 radical (unpaired) electrons. The summed E-state index contributed by atoms with van der Waals surface area (Å²) < 4.78 is 0. The lowest BCUT2D eigenvalue weighted by Gasteiger charge is -2.01. The number of carbonyl (C=O) groups excluding carboxylic acids is 1. The molecule has 3 heteroatoms. The van der Waals surface area contributed by atoms with E-state index in [1.807, 2.05) is 42.5 Å². The van der Waals surface area contributed by atoms with E-state index in [1.54, 1.807) is 12.1 Å². The van der Waals surface area contributed by atoms with Gasteiger partial charge in [0.25, 0.3) is 0 Å². The van der Waals surface area contributed by atoms with Gasteiger partial charge in [0, 0.05) is 11.1 Å². The highest BCUT2D eigenvalue weighted by atomic mass is 16.1. The number of rotatable bonds is 3. The van der Waals surface area contributed by atoms with Crippen molar-refractivity contribution in [2.45, 2.75) is 0 Å². The SMILES string of the molecule is N[B]c1ccc(C(=O)c2ccccc2)cc1. The van der Waals surface area contributed by atoms with Crippen LogP contribution in [0.1, 0.15) is 15.9 Å². The van der Waals surface area contributed by atoms with Crippen LogP contribution >= 0.6 is 0 Å². The van der Waals surface area contributed by atoms with Gasteiger partial charge in [0.2, 0.25) is 7.41 Å². The van der Waals surface area contributed by atoms with Crippen LogP contribution < -0.4 is 11.1 Å². The molecule has 0 aromatic heterocycles. The summed E-state index contributed by atoms with van der Waals surface area (Å²) in [5.41, 5.74) is 7.66. The Hall–Kier alpha value is -1.87. The normalized spacial score (nSPS) is 9.81. The fourth-order valence-electron chi connectivity index (χ4n) is 1.50. The summed E-state index contributed by atoms with van der Waals surface area (Å²) in [6.45, 7) is 0. The average Bonchev–Trinajstić information content (AvgIpc) is 2.39. The van der Waals surface area contributed by atoms with E-state index in [9.17, 15) is 4.79 Å². The number of carbonyl (C=O) groups is 1. The van der Waals surface area contributed by atoms with Crippen LogP contribution in [0, 0.1) is 0 Å². The Morgan fingerprint density at radius 1 is 0.875 bits per heavy atom. The van der Waals surface area contributed by atoms with Crippen molar-refractivity contribution >= 4 is 18.7 Å². The first-order valence-electron chi connectivity index (χ1n) is 5.06. The maximum absolute atomic E-state index is 12.0. The standard InChI is InChI=1S/C13H11BNO/c15-14-12-8-6-11(7-9-12)13(16)10-4-2-1-3-5-10/h1-9H,15H2. The molecular weight excluding hydrogens is 197 g/mol. The largest absolute Gasteiger partial charge is 0.370 e. The minimum absolute atomic E-state index is 0.0316. The molecule has 0 unspecified atom stereocenters. The van der Waals surface area contributed by atoms with Gasteiger partial charge < -0.3 is 5.64 Å². The summed E-state index contributed by atoms with van der Waals surface area (Å²) >= 11 is 0. The maximum Gasteiger partial charge on any atom is 0.241 e. The van der Waals surface area contributed by atoms with Crippen molar-refractivity contribution in [3.63, 3.8) is 0 Å². The van der Waals surface area contributed by atoms with E-state index in [4.69, 9.17) is 5.64 Å². The fourth-order valence-corrected chi connectivity index (χ4v) is 1.50. The van der Waals surface area contributed by atoms with Gasteiger partial charge in [-0.05, 0) is 0 Å². The van der Waals surface area contributed by atoms with Gasteiger partial charge in [-0.2, -0.15) is 0 Å². The predicted octanol–water partition coefficient (Wildman–Crippen LogP) is 1.12. The van der Waals surface area contributed by atoms with Crippen molar-refractivity contribution in [2.75, 3.05) is 0 Å². The molecule has 0 saturated carbocycles. The lowest BCUT2D eigenvalue weighted by Crippen LogP contribution is -2.22. The van der Waals surface area contributed by atoms with Gasteiger partial charge in [0.05, 0.1) is 0 Å². The second kappa shape index (κ2) is 4.77. The topological polar surface area (TPSA) is 43.1 Å². The van der Waals surface area contributed by atoms with Gasteiger partial charge in [0.1, 0.15) is 0 Å². The summed E-state index contributed by atoms with van der Waals surface area (Å²) in [4.78, 5) is 12.0. The van der Waals surface area contributed by atoms with Gasteiger partial charge in [0.15, 0.2) is 5.78 Å². The smallest absolute Gasteiger partial charge is 0.241 e. The molecule has 2 aromatic rings. The first kappa shape index (κ1) is 10.6. The van der Waals surface area contributed by atoms with Crippen LogP contribution in [0.2, 0.25) is 0 Å². The van der Waals surface area contributed by atoms with Crippen molar-refractivity contribution in [3.8, 4) is 0 Å². The summed E-state index contributed by atoms with van der Waals surface area (Å²) in [5.74, 6) is 0.0316. The van der Waals surface area contributed by atoms with Crippen molar-refractivity contribution in [1.82, 2.24) is 0 Å². The Bertz CT molecular complexity index is 479. The van der Waals surface area contributed by atoms with Gasteiger partial charge in [-0.3, -0.25) is 4.79 Å². The molecule has 0 fully saturated rings. The zero-order chi connectivity index (χ0) is 11.4. The summed E-state index contributed by atoms with van der Waals surface area (Å²) in [6, 6.07) is 16.5. The number of ketones is 1. The van der Waals surface area contributed by atoms with Crippen LogP contribution in [0.25, 0.3) is 0 Å². The summed E-state index contributed by atoms with van der Waals surface area (Å²) in [6.07, 6.45) is 0. The van der Waals surface area contributed by atoms with E-state index in [1.165, 1.54) is 7.41 Å². The van der Waals surface area contributed by atoms with Crippen LogP contribution in [-0.2, 0) is 0 Å². The molecule has 2 aromatic carbocycles. The third-order valence-corrected chi connectivity index (χ3v) is 2.40. The molecule has 0 amide bonds. The monoisotopic (exact) mass is 208 g/mol. The van der Waals surface area contributed by atoms with E-state index in [0.29, 0.717) is 11.1 Å². The second-order valence-corrected chi connectivity index (χ2v) is 3.48. The molecule has 0 aliphatic heterocycles. The molecule has 0 spiro atoms. The maximum atomic E-state index is 12.0. The summed E-state index contributed by atoms with van der Waals surface area (Å²) in [5, 5.41) is 0. The molecule has 2 rings (SSSR count). The molecule has 0 saturated heterocycles. The molecule has 2 nitrogen and oxygen atoms in total. The van der Waals surface area contributed by atoms with Crippen molar-refractivity contribution in [2.24, 2.45) is 5.64 Å². The minimum atomic E-state index is 0.0316. The fraction of sp³-hybridized carbons (Fsp3) is 0. The molecule has 77 valence electrons. The predicted molar refractivity (Wildman–Crippen MR) is 65.9 cm³/mol. The first-order valence-corrected chi connectivity index (χ1v) is 5.06. The van der Waals surface area contributed by atoms with Gasteiger partial charge >= 0.3 is 0 Å². The van der Waals surface area contributed by atoms with Gasteiger partial charge in [-0.25, -0.2) is 0 Å². The first-order chi connectivity index (χ1) is 7.81. The van der Waals surface area contributed by atoms with Crippen LogP contribution in [0.5, 0.6) is 0 Å². The van der Waals surface area contributed by atoms with Crippen LogP contribution in [-0.4, -0.2) is 13.2 Å². The Kier molecular flexibility index (Phi) is 3.17. The van der Waals surface area contributed by atoms with E-state index >= 15 is 0 Å². The minimum Gasteiger partial charge on any atom is -0.370 e. The Balaban J connectivity index is 2.28. The second-order valence-electron chi connectivity index (χ2n) is 3.48. The summed E-state index contributed by atoms with van der Waals surface area (Å²) in [7, 11) is 1.51. The molecule has 0 aliphatic carbocycles. The van der Waals surface area contributed by atoms with E-state index in [2.05, 4.69) is 0 Å². The van der Waals surface area contributed by atoms with E-state index < -0.39 is 0 Å². The highest BCUT2D eigenvalue weighted by Gasteiger charge is 2.07. The molecule has 0 atom stereocenters. The number of benzene rings is 2.